The number of aliphatic hydroxyl groups is 1. The Labute approximate surface area is 126 Å². The number of rotatable bonds is 15. The van der Waals surface area contributed by atoms with Gasteiger partial charge >= 0.3 is 0 Å². The minimum atomic E-state index is -0.452. The van der Waals surface area contributed by atoms with Crippen molar-refractivity contribution in [1.82, 2.24) is 0 Å². The van der Waals surface area contributed by atoms with Crippen LogP contribution in [-0.4, -0.2) is 17.8 Å². The molecule has 0 rings (SSSR count). The number of hydrogen-bond acceptors (Lipinski definition) is 2. The van der Waals surface area contributed by atoms with Crippen LogP contribution in [0.15, 0.2) is 12.2 Å². The summed E-state index contributed by atoms with van der Waals surface area (Å²) >= 11 is 0. The maximum Gasteiger partial charge on any atom is 0.0843 e. The molecular formula is C18H37NO. The van der Waals surface area contributed by atoms with E-state index in [2.05, 4.69) is 13.0 Å². The first kappa shape index (κ1) is 19.7. The molecule has 3 N–H and O–H groups in total. The van der Waals surface area contributed by atoms with Crippen LogP contribution in [0.3, 0.4) is 0 Å². The molecule has 0 aliphatic rings. The van der Waals surface area contributed by atoms with Gasteiger partial charge < -0.3 is 10.8 Å². The van der Waals surface area contributed by atoms with Gasteiger partial charge in [0.25, 0.3) is 0 Å². The minimum Gasteiger partial charge on any atom is -0.388 e. The van der Waals surface area contributed by atoms with E-state index in [1.165, 1.54) is 77.0 Å². The summed E-state index contributed by atoms with van der Waals surface area (Å²) in [5.41, 5.74) is 5.33. The Morgan fingerprint density at radius 1 is 0.800 bits per heavy atom. The van der Waals surface area contributed by atoms with E-state index in [-0.39, 0.29) is 0 Å². The van der Waals surface area contributed by atoms with Crippen molar-refractivity contribution in [3.8, 4) is 0 Å². The molecule has 0 aliphatic heterocycles. The summed E-state index contributed by atoms with van der Waals surface area (Å²) in [6, 6.07) is 0. The fourth-order valence-corrected chi connectivity index (χ4v) is 2.44. The SMILES string of the molecule is CCCCCCCCCCCCCCC=CC(O)CN. The molecule has 0 aromatic rings. The molecule has 0 heterocycles. The number of nitrogens with two attached hydrogens (primary N) is 1. The third-order valence-corrected chi connectivity index (χ3v) is 3.82. The molecule has 0 fully saturated rings. The Balaban J connectivity index is 3.04. The van der Waals surface area contributed by atoms with E-state index in [0.717, 1.165) is 6.42 Å². The van der Waals surface area contributed by atoms with Gasteiger partial charge in [-0.25, -0.2) is 0 Å². The molecule has 120 valence electrons. The second-order valence-electron chi connectivity index (χ2n) is 5.91. The molecule has 1 atom stereocenters. The van der Waals surface area contributed by atoms with Crippen LogP contribution in [0.4, 0.5) is 0 Å². The van der Waals surface area contributed by atoms with E-state index >= 15 is 0 Å². The van der Waals surface area contributed by atoms with Crippen LogP contribution in [0.25, 0.3) is 0 Å². The molecular weight excluding hydrogens is 246 g/mol. The van der Waals surface area contributed by atoms with Crippen LogP contribution in [0.2, 0.25) is 0 Å². The Bertz CT molecular complexity index is 204. The van der Waals surface area contributed by atoms with Crippen molar-refractivity contribution >= 4 is 0 Å². The molecule has 0 amide bonds. The molecule has 0 spiro atoms. The fourth-order valence-electron chi connectivity index (χ4n) is 2.44. The van der Waals surface area contributed by atoms with Crippen LogP contribution < -0.4 is 5.73 Å². The van der Waals surface area contributed by atoms with Crippen LogP contribution in [0, 0.1) is 0 Å². The number of unbranched alkanes of at least 4 members (excludes halogenated alkanes) is 12. The third kappa shape index (κ3) is 15.7. The van der Waals surface area contributed by atoms with Gasteiger partial charge in [-0.3, -0.25) is 0 Å². The van der Waals surface area contributed by atoms with Crippen molar-refractivity contribution in [2.45, 2.75) is 96.5 Å². The predicted molar refractivity (Wildman–Crippen MR) is 89.9 cm³/mol. The summed E-state index contributed by atoms with van der Waals surface area (Å²) in [7, 11) is 0. The van der Waals surface area contributed by atoms with Gasteiger partial charge in [0, 0.05) is 6.54 Å². The molecule has 1 unspecified atom stereocenters. The van der Waals surface area contributed by atoms with Gasteiger partial charge in [-0.1, -0.05) is 89.7 Å². The van der Waals surface area contributed by atoms with Crippen molar-refractivity contribution in [2.24, 2.45) is 5.73 Å². The van der Waals surface area contributed by atoms with Gasteiger partial charge in [0.1, 0.15) is 0 Å². The number of hydrogen-bond donors (Lipinski definition) is 2. The lowest BCUT2D eigenvalue weighted by Crippen LogP contribution is -2.16. The quantitative estimate of drug-likeness (QED) is 0.330. The van der Waals surface area contributed by atoms with Crippen molar-refractivity contribution in [3.63, 3.8) is 0 Å². The highest BCUT2D eigenvalue weighted by Gasteiger charge is 1.94. The van der Waals surface area contributed by atoms with Gasteiger partial charge in [-0.2, -0.15) is 0 Å². The second-order valence-corrected chi connectivity index (χ2v) is 5.91. The van der Waals surface area contributed by atoms with Gasteiger partial charge in [-0.15, -0.1) is 0 Å². The van der Waals surface area contributed by atoms with Gasteiger partial charge in [0.15, 0.2) is 0 Å². The summed E-state index contributed by atoms with van der Waals surface area (Å²) < 4.78 is 0. The zero-order valence-corrected chi connectivity index (χ0v) is 13.7. The van der Waals surface area contributed by atoms with Crippen LogP contribution >= 0.6 is 0 Å². The van der Waals surface area contributed by atoms with E-state index in [9.17, 15) is 5.11 Å². The first-order chi connectivity index (χ1) is 9.81. The fraction of sp³-hybridized carbons (Fsp3) is 0.889. The van der Waals surface area contributed by atoms with Gasteiger partial charge in [0.2, 0.25) is 0 Å². The summed E-state index contributed by atoms with van der Waals surface area (Å²) in [5, 5.41) is 9.24. The summed E-state index contributed by atoms with van der Waals surface area (Å²) in [6.45, 7) is 2.60. The molecule has 0 aromatic carbocycles. The average Bonchev–Trinajstić information content (AvgIpc) is 2.47. The first-order valence-electron chi connectivity index (χ1n) is 8.86. The molecule has 0 aliphatic carbocycles. The Morgan fingerprint density at radius 2 is 1.25 bits per heavy atom. The lowest BCUT2D eigenvalue weighted by Gasteiger charge is -2.02. The first-order valence-corrected chi connectivity index (χ1v) is 8.86. The molecule has 2 nitrogen and oxygen atoms in total. The average molecular weight is 284 g/mol. The Morgan fingerprint density at radius 3 is 1.70 bits per heavy atom. The topological polar surface area (TPSA) is 46.2 Å². The zero-order chi connectivity index (χ0) is 14.9. The lowest BCUT2D eigenvalue weighted by molar-refractivity contribution is 0.231. The second kappa shape index (κ2) is 16.7. The monoisotopic (exact) mass is 283 g/mol. The molecule has 0 radical (unpaired) electrons. The van der Waals surface area contributed by atoms with Crippen LogP contribution in [-0.2, 0) is 0 Å². The van der Waals surface area contributed by atoms with Crippen molar-refractivity contribution in [1.29, 1.82) is 0 Å². The standard InChI is InChI=1S/C18H37NO/c1-2-3-4-5-6-7-8-9-10-11-12-13-14-15-16-18(20)17-19/h15-16,18,20H,2-14,17,19H2,1H3. The number of allylic oxidation sites excluding steroid dienone is 1. The summed E-state index contributed by atoms with van der Waals surface area (Å²) in [4.78, 5) is 0. The predicted octanol–water partition coefficient (Wildman–Crippen LogP) is 4.95. The Kier molecular flexibility index (Phi) is 16.4. The molecule has 0 bridgehead atoms. The van der Waals surface area contributed by atoms with Crippen LogP contribution in [0.5, 0.6) is 0 Å². The normalized spacial score (nSPS) is 13.2. The molecule has 20 heavy (non-hydrogen) atoms. The third-order valence-electron chi connectivity index (χ3n) is 3.82. The van der Waals surface area contributed by atoms with Crippen LogP contribution in [0.1, 0.15) is 90.4 Å². The van der Waals surface area contributed by atoms with Gasteiger partial charge in [0.05, 0.1) is 6.10 Å². The molecule has 2 heteroatoms. The van der Waals surface area contributed by atoms with Crippen molar-refractivity contribution in [3.05, 3.63) is 12.2 Å². The van der Waals surface area contributed by atoms with E-state index in [0.29, 0.717) is 6.54 Å². The number of aliphatic hydroxyl groups excluding tert-OH is 1. The van der Waals surface area contributed by atoms with Crippen molar-refractivity contribution < 1.29 is 5.11 Å². The highest BCUT2D eigenvalue weighted by Crippen LogP contribution is 2.12. The highest BCUT2D eigenvalue weighted by molar-refractivity contribution is 4.88. The minimum absolute atomic E-state index is 0.328. The van der Waals surface area contributed by atoms with Gasteiger partial charge in [-0.05, 0) is 12.8 Å². The zero-order valence-electron chi connectivity index (χ0n) is 13.7. The van der Waals surface area contributed by atoms with E-state index in [1.54, 1.807) is 0 Å². The van der Waals surface area contributed by atoms with E-state index < -0.39 is 6.10 Å². The van der Waals surface area contributed by atoms with E-state index in [4.69, 9.17) is 5.73 Å². The smallest absolute Gasteiger partial charge is 0.0843 e. The molecule has 0 saturated heterocycles. The lowest BCUT2D eigenvalue weighted by atomic mass is 10.0. The van der Waals surface area contributed by atoms with Crippen molar-refractivity contribution in [2.75, 3.05) is 6.54 Å². The Hall–Kier alpha value is -0.340. The summed E-state index contributed by atoms with van der Waals surface area (Å²) in [6.07, 6.45) is 21.2. The molecule has 0 saturated carbocycles. The van der Waals surface area contributed by atoms with E-state index in [1.807, 2.05) is 6.08 Å². The summed E-state index contributed by atoms with van der Waals surface area (Å²) in [5.74, 6) is 0. The highest BCUT2D eigenvalue weighted by atomic mass is 16.3. The maximum atomic E-state index is 9.24. The largest absolute Gasteiger partial charge is 0.388 e. The maximum absolute atomic E-state index is 9.24. The molecule has 0 aromatic heterocycles.